The van der Waals surface area contributed by atoms with E-state index in [4.69, 9.17) is 0 Å². The van der Waals surface area contributed by atoms with E-state index in [0.717, 1.165) is 0 Å². The fourth-order valence-corrected chi connectivity index (χ4v) is 10.4. The predicted octanol–water partition coefficient (Wildman–Crippen LogP) is 7.97. The second-order valence-electron chi connectivity index (χ2n) is 13.7. The molecule has 0 amide bonds. The number of nitrogens with zero attached hydrogens (tertiary/aromatic N) is 4. The lowest BCUT2D eigenvalue weighted by atomic mass is 9.67. The molecule has 8 aromatic rings. The topological polar surface area (TPSA) is 17.6 Å². The molecule has 1 fully saturated rings. The number of rotatable bonds is 1. The van der Waals surface area contributed by atoms with Gasteiger partial charge in [-0.05, 0) is 72.7 Å². The van der Waals surface area contributed by atoms with Crippen molar-refractivity contribution in [1.82, 2.24) is 9.13 Å². The zero-order valence-corrected chi connectivity index (χ0v) is 24.8. The third kappa shape index (κ3) is 2.43. The minimum absolute atomic E-state index is 0.363. The average molecular weight is 579 g/mol. The van der Waals surface area contributed by atoms with Crippen LogP contribution in [-0.2, 0) is 12.1 Å². The molecule has 0 N–H and O–H groups in total. The van der Waals surface area contributed by atoms with Gasteiger partial charge in [-0.25, -0.2) is 4.57 Å². The highest BCUT2D eigenvalue weighted by Gasteiger charge is 2.66. The summed E-state index contributed by atoms with van der Waals surface area (Å²) in [6, 6.07) is 43.5. The summed E-state index contributed by atoms with van der Waals surface area (Å²) in [5.41, 5.74) is 10.5. The Morgan fingerprint density at radius 1 is 0.644 bits per heavy atom. The maximum Gasteiger partial charge on any atom is 0.300 e. The van der Waals surface area contributed by atoms with Crippen LogP contribution in [0.2, 0.25) is 0 Å². The number of hydrogen-bond donors (Lipinski definition) is 0. The Labute approximate surface area is 260 Å². The van der Waals surface area contributed by atoms with Gasteiger partial charge >= 0.3 is 5.65 Å². The normalized spacial score (nSPS) is 22.0. The van der Waals surface area contributed by atoms with Crippen molar-refractivity contribution >= 4 is 43.7 Å². The fraction of sp³-hybridized carbons (Fsp3) is 0.171. The lowest BCUT2D eigenvalue weighted by Gasteiger charge is -2.48. The van der Waals surface area contributed by atoms with Crippen LogP contribution in [0.25, 0.3) is 66.5 Å². The molecule has 3 atom stereocenters. The smallest absolute Gasteiger partial charge is 0.224 e. The van der Waals surface area contributed by atoms with Gasteiger partial charge in [0.2, 0.25) is 5.82 Å². The molecule has 12 rings (SSSR count). The molecule has 4 heteroatoms. The van der Waals surface area contributed by atoms with E-state index in [1.807, 2.05) is 0 Å². The van der Waals surface area contributed by atoms with Crippen LogP contribution in [-0.4, -0.2) is 9.13 Å². The summed E-state index contributed by atoms with van der Waals surface area (Å²) in [7, 11) is 0. The van der Waals surface area contributed by atoms with E-state index in [9.17, 15) is 0 Å². The Balaban J connectivity index is 1.43. The quantitative estimate of drug-likeness (QED) is 0.176. The molecular formula is C41H30N4+2. The van der Waals surface area contributed by atoms with Gasteiger partial charge in [0.25, 0.3) is 11.5 Å². The summed E-state index contributed by atoms with van der Waals surface area (Å²) in [6.45, 7) is 0. The molecule has 1 saturated carbocycles. The largest absolute Gasteiger partial charge is 0.300 e. The van der Waals surface area contributed by atoms with Crippen LogP contribution in [0.1, 0.15) is 30.4 Å². The molecule has 2 aliphatic carbocycles. The molecule has 212 valence electrons. The summed E-state index contributed by atoms with van der Waals surface area (Å²) >= 11 is 0. The first-order chi connectivity index (χ1) is 22.4. The molecule has 3 unspecified atom stereocenters. The zero-order chi connectivity index (χ0) is 29.0. The molecule has 0 radical (unpaired) electrons. The lowest BCUT2D eigenvalue weighted by molar-refractivity contribution is -0.984. The van der Waals surface area contributed by atoms with Crippen LogP contribution in [0.4, 0.5) is 0 Å². The zero-order valence-electron chi connectivity index (χ0n) is 24.8. The van der Waals surface area contributed by atoms with Gasteiger partial charge < -0.3 is 0 Å². The van der Waals surface area contributed by atoms with E-state index in [1.165, 1.54) is 103 Å². The second kappa shape index (κ2) is 7.70. The molecule has 1 spiro atoms. The van der Waals surface area contributed by atoms with Crippen molar-refractivity contribution in [3.63, 3.8) is 0 Å². The number of benzene rings is 4. The second-order valence-corrected chi connectivity index (χ2v) is 13.7. The lowest BCUT2D eigenvalue weighted by Crippen LogP contribution is -2.83. The molecule has 45 heavy (non-hydrogen) atoms. The van der Waals surface area contributed by atoms with Crippen molar-refractivity contribution < 1.29 is 9.13 Å². The first kappa shape index (κ1) is 23.2. The van der Waals surface area contributed by atoms with E-state index in [2.05, 4.69) is 140 Å². The highest BCUT2D eigenvalue weighted by molar-refractivity contribution is 6.11. The van der Waals surface area contributed by atoms with Gasteiger partial charge in [-0.3, -0.25) is 0 Å². The third-order valence-electron chi connectivity index (χ3n) is 11.9. The standard InChI is InChI=1S/C41H30N4/c1-2-10-25(11-3-1)28-21-22-36-43-34-17-6-4-13-29(34)31-20-19-27-24-26-12-8-16-33(26)41(37(27)38(31)43)42-23-9-15-32-30-14-5-7-18-35(30)44(39(32)42)40(28)45(36)41/h1-7,9-11,13-15,17-23,26,33H,8,12,16,24H2/q+2. The number of fused-ring (bicyclic) bond motifs is 9. The van der Waals surface area contributed by atoms with Gasteiger partial charge in [0.15, 0.2) is 0 Å². The average Bonchev–Trinajstić information content (AvgIpc) is 3.80. The van der Waals surface area contributed by atoms with Crippen LogP contribution in [0.3, 0.4) is 0 Å². The van der Waals surface area contributed by atoms with Gasteiger partial charge in [-0.2, -0.15) is 13.7 Å². The maximum absolute atomic E-state index is 2.81. The fourth-order valence-electron chi connectivity index (χ4n) is 10.4. The first-order valence-corrected chi connectivity index (χ1v) is 16.5. The van der Waals surface area contributed by atoms with Gasteiger partial charge in [0.1, 0.15) is 16.6 Å². The van der Waals surface area contributed by atoms with Crippen molar-refractivity contribution in [1.29, 1.82) is 0 Å². The predicted molar refractivity (Wildman–Crippen MR) is 178 cm³/mol. The maximum atomic E-state index is 2.81. The first-order valence-electron chi connectivity index (χ1n) is 16.5. The summed E-state index contributed by atoms with van der Waals surface area (Å²) in [5, 5.41) is 5.36. The Morgan fingerprint density at radius 3 is 2.27 bits per heavy atom. The van der Waals surface area contributed by atoms with E-state index < -0.39 is 0 Å². The van der Waals surface area contributed by atoms with E-state index >= 15 is 0 Å². The molecule has 2 aliphatic heterocycles. The van der Waals surface area contributed by atoms with Crippen LogP contribution in [0.5, 0.6) is 0 Å². The van der Waals surface area contributed by atoms with Crippen molar-refractivity contribution in [3.8, 4) is 22.8 Å². The minimum Gasteiger partial charge on any atom is -0.224 e. The number of hydrogen-bond acceptors (Lipinski definition) is 0. The molecule has 4 aromatic heterocycles. The highest BCUT2D eigenvalue weighted by Crippen LogP contribution is 2.56. The SMILES string of the molecule is c1ccc(-c2ccc3[n+]4c2-n2c5ccccc5c5ccc[n+](c52)C42c4c(ccc5c6ccccc6n-3c45)CC3CCCC32)cc1. The van der Waals surface area contributed by atoms with Crippen molar-refractivity contribution in [2.45, 2.75) is 31.3 Å². The molecular weight excluding hydrogens is 548 g/mol. The van der Waals surface area contributed by atoms with E-state index in [1.54, 1.807) is 0 Å². The molecule has 0 bridgehead atoms. The molecule has 4 aromatic carbocycles. The van der Waals surface area contributed by atoms with E-state index in [0.29, 0.717) is 11.8 Å². The van der Waals surface area contributed by atoms with E-state index in [-0.39, 0.29) is 5.66 Å². The van der Waals surface area contributed by atoms with Gasteiger partial charge in [-0.1, -0.05) is 79.2 Å². The van der Waals surface area contributed by atoms with Crippen LogP contribution in [0.15, 0.2) is 121 Å². The Kier molecular flexibility index (Phi) is 3.97. The van der Waals surface area contributed by atoms with Gasteiger partial charge in [0, 0.05) is 28.1 Å². The minimum atomic E-state index is -0.363. The summed E-state index contributed by atoms with van der Waals surface area (Å²) in [5.74, 6) is 3.70. The summed E-state index contributed by atoms with van der Waals surface area (Å²) in [6.07, 6.45) is 7.42. The molecule has 0 saturated heterocycles. The molecule has 4 nitrogen and oxygen atoms in total. The number of aromatic nitrogens is 4. The Hall–Kier alpha value is -5.22. The molecule has 6 heterocycles. The number of para-hydroxylation sites is 2. The Bertz CT molecular complexity index is 2620. The highest BCUT2D eigenvalue weighted by atomic mass is 15.4. The number of pyridine rings is 2. The monoisotopic (exact) mass is 578 g/mol. The van der Waals surface area contributed by atoms with Crippen molar-refractivity contribution in [3.05, 3.63) is 133 Å². The molecule has 4 aliphatic rings. The van der Waals surface area contributed by atoms with Gasteiger partial charge in [0.05, 0.1) is 22.7 Å². The van der Waals surface area contributed by atoms with Crippen LogP contribution < -0.4 is 9.13 Å². The van der Waals surface area contributed by atoms with Crippen LogP contribution >= 0.6 is 0 Å². The van der Waals surface area contributed by atoms with Crippen LogP contribution in [0, 0.1) is 11.8 Å². The van der Waals surface area contributed by atoms with Gasteiger partial charge in [-0.15, -0.1) is 0 Å². The summed E-state index contributed by atoms with van der Waals surface area (Å²) in [4.78, 5) is 0. The summed E-state index contributed by atoms with van der Waals surface area (Å²) < 4.78 is 10.7. The third-order valence-corrected chi connectivity index (χ3v) is 11.9. The van der Waals surface area contributed by atoms with Crippen molar-refractivity contribution in [2.24, 2.45) is 11.8 Å². The Morgan fingerprint density at radius 2 is 1.40 bits per heavy atom. The van der Waals surface area contributed by atoms with Crippen molar-refractivity contribution in [2.75, 3.05) is 0 Å².